The van der Waals surface area contributed by atoms with Crippen LogP contribution in [-0.4, -0.2) is 12.2 Å². The highest BCUT2D eigenvalue weighted by atomic mass is 16.5. The third-order valence-corrected chi connectivity index (χ3v) is 2.07. The SMILES string of the molecule is C/C=C/CC(O)c1cccc(OC)c1. The highest BCUT2D eigenvalue weighted by molar-refractivity contribution is 5.29. The van der Waals surface area contributed by atoms with Crippen LogP contribution in [0.4, 0.5) is 0 Å². The summed E-state index contributed by atoms with van der Waals surface area (Å²) in [5.41, 5.74) is 0.891. The molecule has 2 heteroatoms. The fourth-order valence-corrected chi connectivity index (χ4v) is 1.25. The molecule has 0 bridgehead atoms. The Hall–Kier alpha value is -1.28. The summed E-state index contributed by atoms with van der Waals surface area (Å²) >= 11 is 0. The first-order chi connectivity index (χ1) is 6.77. The molecule has 0 aliphatic heterocycles. The average Bonchev–Trinajstić information content (AvgIpc) is 2.26. The Morgan fingerprint density at radius 1 is 1.50 bits per heavy atom. The molecule has 0 saturated heterocycles. The van der Waals surface area contributed by atoms with E-state index in [1.165, 1.54) is 0 Å². The molecule has 1 aromatic carbocycles. The van der Waals surface area contributed by atoms with Gasteiger partial charge in [0.25, 0.3) is 0 Å². The third kappa shape index (κ3) is 2.89. The molecule has 0 aromatic heterocycles. The summed E-state index contributed by atoms with van der Waals surface area (Å²) in [5.74, 6) is 0.780. The topological polar surface area (TPSA) is 29.5 Å². The molecule has 1 unspecified atom stereocenters. The van der Waals surface area contributed by atoms with Gasteiger partial charge in [0, 0.05) is 0 Å². The van der Waals surface area contributed by atoms with Crippen molar-refractivity contribution in [2.45, 2.75) is 19.4 Å². The van der Waals surface area contributed by atoms with Crippen LogP contribution in [0.3, 0.4) is 0 Å². The predicted octanol–water partition coefficient (Wildman–Crippen LogP) is 2.69. The van der Waals surface area contributed by atoms with Gasteiger partial charge in [0.2, 0.25) is 0 Å². The van der Waals surface area contributed by atoms with Crippen LogP contribution in [0.15, 0.2) is 36.4 Å². The molecular weight excluding hydrogens is 176 g/mol. The van der Waals surface area contributed by atoms with E-state index in [0.717, 1.165) is 11.3 Å². The molecule has 14 heavy (non-hydrogen) atoms. The fourth-order valence-electron chi connectivity index (χ4n) is 1.25. The van der Waals surface area contributed by atoms with Crippen molar-refractivity contribution in [3.63, 3.8) is 0 Å². The molecule has 1 N–H and O–H groups in total. The van der Waals surface area contributed by atoms with Crippen LogP contribution in [0.1, 0.15) is 25.0 Å². The number of benzene rings is 1. The Labute approximate surface area is 84.8 Å². The van der Waals surface area contributed by atoms with E-state index in [9.17, 15) is 5.11 Å². The Morgan fingerprint density at radius 3 is 2.93 bits per heavy atom. The second kappa shape index (κ2) is 5.45. The summed E-state index contributed by atoms with van der Waals surface area (Å²) < 4.78 is 5.08. The average molecular weight is 192 g/mol. The summed E-state index contributed by atoms with van der Waals surface area (Å²) in [7, 11) is 1.62. The van der Waals surface area contributed by atoms with E-state index in [1.807, 2.05) is 43.3 Å². The van der Waals surface area contributed by atoms with Gasteiger partial charge in [-0.05, 0) is 31.0 Å². The van der Waals surface area contributed by atoms with Crippen molar-refractivity contribution in [2.75, 3.05) is 7.11 Å². The van der Waals surface area contributed by atoms with E-state index < -0.39 is 6.10 Å². The van der Waals surface area contributed by atoms with Crippen molar-refractivity contribution in [1.82, 2.24) is 0 Å². The van der Waals surface area contributed by atoms with Crippen molar-refractivity contribution in [1.29, 1.82) is 0 Å². The first-order valence-corrected chi connectivity index (χ1v) is 4.71. The molecule has 0 aliphatic rings. The van der Waals surface area contributed by atoms with Gasteiger partial charge in [0.05, 0.1) is 13.2 Å². The van der Waals surface area contributed by atoms with Gasteiger partial charge in [-0.2, -0.15) is 0 Å². The van der Waals surface area contributed by atoms with Gasteiger partial charge in [-0.1, -0.05) is 24.3 Å². The van der Waals surface area contributed by atoms with Crippen LogP contribution >= 0.6 is 0 Å². The number of methoxy groups -OCH3 is 1. The van der Waals surface area contributed by atoms with Gasteiger partial charge in [0.15, 0.2) is 0 Å². The highest BCUT2D eigenvalue weighted by Gasteiger charge is 2.05. The standard InChI is InChI=1S/C12H16O2/c1-3-4-8-12(13)10-6-5-7-11(9-10)14-2/h3-7,9,12-13H,8H2,1-2H3/b4-3+. The number of aliphatic hydroxyl groups is 1. The number of hydrogen-bond donors (Lipinski definition) is 1. The quantitative estimate of drug-likeness (QED) is 0.743. The molecule has 0 saturated carbocycles. The van der Waals surface area contributed by atoms with E-state index in [1.54, 1.807) is 7.11 Å². The fraction of sp³-hybridized carbons (Fsp3) is 0.333. The minimum atomic E-state index is -0.443. The zero-order valence-electron chi connectivity index (χ0n) is 8.60. The summed E-state index contributed by atoms with van der Waals surface area (Å²) in [5, 5.41) is 9.76. The summed E-state index contributed by atoms with van der Waals surface area (Å²) in [6.07, 6.45) is 4.08. The number of allylic oxidation sites excluding steroid dienone is 1. The third-order valence-electron chi connectivity index (χ3n) is 2.07. The monoisotopic (exact) mass is 192 g/mol. The van der Waals surface area contributed by atoms with Crippen LogP contribution in [0.25, 0.3) is 0 Å². The maximum Gasteiger partial charge on any atom is 0.119 e. The molecule has 0 fully saturated rings. The van der Waals surface area contributed by atoms with Crippen LogP contribution < -0.4 is 4.74 Å². The van der Waals surface area contributed by atoms with Crippen LogP contribution in [0.2, 0.25) is 0 Å². The number of aliphatic hydroxyl groups excluding tert-OH is 1. The molecule has 1 rings (SSSR count). The van der Waals surface area contributed by atoms with Gasteiger partial charge in [-0.3, -0.25) is 0 Å². The molecule has 0 amide bonds. The first kappa shape index (κ1) is 10.8. The number of rotatable bonds is 4. The van der Waals surface area contributed by atoms with Gasteiger partial charge in [-0.25, -0.2) is 0 Å². The van der Waals surface area contributed by atoms with Gasteiger partial charge in [0.1, 0.15) is 5.75 Å². The second-order valence-corrected chi connectivity index (χ2v) is 3.10. The maximum absolute atomic E-state index is 9.76. The molecule has 0 heterocycles. The number of hydrogen-bond acceptors (Lipinski definition) is 2. The first-order valence-electron chi connectivity index (χ1n) is 4.71. The lowest BCUT2D eigenvalue weighted by atomic mass is 10.1. The minimum absolute atomic E-state index is 0.443. The smallest absolute Gasteiger partial charge is 0.119 e. The molecule has 76 valence electrons. The minimum Gasteiger partial charge on any atom is -0.497 e. The van der Waals surface area contributed by atoms with Crippen molar-refractivity contribution in [3.8, 4) is 5.75 Å². The summed E-state index contributed by atoms with van der Waals surface area (Å²) in [6.45, 7) is 1.94. The van der Waals surface area contributed by atoms with E-state index in [4.69, 9.17) is 4.74 Å². The highest BCUT2D eigenvalue weighted by Crippen LogP contribution is 2.21. The van der Waals surface area contributed by atoms with E-state index in [0.29, 0.717) is 6.42 Å². The zero-order chi connectivity index (χ0) is 10.4. The summed E-state index contributed by atoms with van der Waals surface area (Å²) in [4.78, 5) is 0. The van der Waals surface area contributed by atoms with E-state index in [2.05, 4.69) is 0 Å². The second-order valence-electron chi connectivity index (χ2n) is 3.10. The largest absolute Gasteiger partial charge is 0.497 e. The Balaban J connectivity index is 2.73. The Morgan fingerprint density at radius 2 is 2.29 bits per heavy atom. The van der Waals surface area contributed by atoms with Gasteiger partial charge >= 0.3 is 0 Å². The summed E-state index contributed by atoms with van der Waals surface area (Å²) in [6, 6.07) is 7.50. The van der Waals surface area contributed by atoms with Crippen molar-refractivity contribution >= 4 is 0 Å². The van der Waals surface area contributed by atoms with Crippen molar-refractivity contribution < 1.29 is 9.84 Å². The van der Waals surface area contributed by atoms with E-state index >= 15 is 0 Å². The van der Waals surface area contributed by atoms with Gasteiger partial charge in [-0.15, -0.1) is 0 Å². The molecule has 1 aromatic rings. The molecule has 0 spiro atoms. The lowest BCUT2D eigenvalue weighted by molar-refractivity contribution is 0.181. The molecule has 2 nitrogen and oxygen atoms in total. The van der Waals surface area contributed by atoms with Crippen LogP contribution in [0, 0.1) is 0 Å². The lowest BCUT2D eigenvalue weighted by Crippen LogP contribution is -1.96. The molecule has 0 aliphatic carbocycles. The van der Waals surface area contributed by atoms with Crippen molar-refractivity contribution in [2.24, 2.45) is 0 Å². The Kier molecular flexibility index (Phi) is 4.20. The zero-order valence-corrected chi connectivity index (χ0v) is 8.60. The Bertz CT molecular complexity index is 305. The van der Waals surface area contributed by atoms with Crippen LogP contribution in [-0.2, 0) is 0 Å². The van der Waals surface area contributed by atoms with E-state index in [-0.39, 0.29) is 0 Å². The normalized spacial score (nSPS) is 13.1. The predicted molar refractivity (Wildman–Crippen MR) is 57.4 cm³/mol. The van der Waals surface area contributed by atoms with Gasteiger partial charge < -0.3 is 9.84 Å². The lowest BCUT2D eigenvalue weighted by Gasteiger charge is -2.09. The maximum atomic E-state index is 9.76. The molecule has 0 radical (unpaired) electrons. The molecular formula is C12H16O2. The van der Waals surface area contributed by atoms with Crippen LogP contribution in [0.5, 0.6) is 5.75 Å². The number of ether oxygens (including phenoxy) is 1. The molecule has 1 atom stereocenters. The van der Waals surface area contributed by atoms with Crippen molar-refractivity contribution in [3.05, 3.63) is 42.0 Å².